The minimum atomic E-state index is 0.678. The molecule has 2 heteroatoms. The molecule has 0 aliphatic carbocycles. The molecule has 1 aromatic carbocycles. The van der Waals surface area contributed by atoms with Crippen LogP contribution in [0.25, 0.3) is 0 Å². The minimum absolute atomic E-state index is 0.678. The van der Waals surface area contributed by atoms with Crippen LogP contribution in [0.5, 0.6) is 0 Å². The molecule has 16 heavy (non-hydrogen) atoms. The fraction of sp³-hybridized carbons (Fsp3) is 0.500. The quantitative estimate of drug-likeness (QED) is 0.701. The van der Waals surface area contributed by atoms with Gasteiger partial charge in [-0.3, -0.25) is 4.99 Å². The summed E-state index contributed by atoms with van der Waals surface area (Å²) in [5.74, 6) is 1.23. The van der Waals surface area contributed by atoms with E-state index in [1.165, 1.54) is 43.6 Å². The van der Waals surface area contributed by atoms with Crippen LogP contribution < -0.4 is 0 Å². The van der Waals surface area contributed by atoms with Crippen molar-refractivity contribution in [2.45, 2.75) is 31.7 Å². The van der Waals surface area contributed by atoms with Crippen LogP contribution in [0.3, 0.4) is 0 Å². The Morgan fingerprint density at radius 2 is 1.94 bits per heavy atom. The molecule has 0 saturated carbocycles. The van der Waals surface area contributed by atoms with Crippen LogP contribution in [0.4, 0.5) is 0 Å². The van der Waals surface area contributed by atoms with E-state index < -0.39 is 0 Å². The van der Waals surface area contributed by atoms with Crippen molar-refractivity contribution in [2.75, 3.05) is 13.1 Å². The number of aliphatic imine (C=N–C) groups is 1. The van der Waals surface area contributed by atoms with E-state index in [2.05, 4.69) is 35.2 Å². The standard InChI is InChI=1S/C14H18N2/c1-3-7-12(8-4-1)14-15-11-13-9-5-2-6-10-16(13)14/h1,3-4,7-8,13H,2,5-6,9-11H2. The summed E-state index contributed by atoms with van der Waals surface area (Å²) in [6.07, 6.45) is 5.40. The molecule has 0 aromatic heterocycles. The fourth-order valence-corrected chi connectivity index (χ4v) is 2.77. The molecule has 2 aliphatic heterocycles. The normalized spacial score (nSPS) is 24.9. The Morgan fingerprint density at radius 3 is 2.81 bits per heavy atom. The lowest BCUT2D eigenvalue weighted by Gasteiger charge is -2.25. The SMILES string of the molecule is c1ccc(C2=NCC3CCCCCN23)cc1. The van der Waals surface area contributed by atoms with Gasteiger partial charge in [-0.15, -0.1) is 0 Å². The van der Waals surface area contributed by atoms with Gasteiger partial charge >= 0.3 is 0 Å². The number of hydrogen-bond acceptors (Lipinski definition) is 2. The maximum absolute atomic E-state index is 4.73. The third kappa shape index (κ3) is 1.73. The molecule has 0 N–H and O–H groups in total. The Bertz CT molecular complexity index is 383. The third-order valence-corrected chi connectivity index (χ3v) is 3.63. The lowest BCUT2D eigenvalue weighted by Crippen LogP contribution is -2.36. The molecular formula is C14H18N2. The molecule has 2 heterocycles. The number of hydrogen-bond donors (Lipinski definition) is 0. The van der Waals surface area contributed by atoms with Crippen LogP contribution in [0.1, 0.15) is 31.2 Å². The smallest absolute Gasteiger partial charge is 0.131 e. The Morgan fingerprint density at radius 1 is 1.06 bits per heavy atom. The second-order valence-electron chi connectivity index (χ2n) is 4.73. The largest absolute Gasteiger partial charge is 0.352 e. The minimum Gasteiger partial charge on any atom is -0.352 e. The summed E-state index contributed by atoms with van der Waals surface area (Å²) in [4.78, 5) is 7.26. The van der Waals surface area contributed by atoms with Crippen molar-refractivity contribution in [3.8, 4) is 0 Å². The summed E-state index contributed by atoms with van der Waals surface area (Å²) in [5, 5.41) is 0. The predicted molar refractivity (Wildman–Crippen MR) is 66.8 cm³/mol. The summed E-state index contributed by atoms with van der Waals surface area (Å²) in [6.45, 7) is 2.20. The Kier molecular flexibility index (Phi) is 2.65. The van der Waals surface area contributed by atoms with Gasteiger partial charge in [-0.25, -0.2) is 0 Å². The second kappa shape index (κ2) is 4.28. The van der Waals surface area contributed by atoms with Crippen molar-refractivity contribution in [1.82, 2.24) is 4.90 Å². The van der Waals surface area contributed by atoms with Crippen LogP contribution >= 0.6 is 0 Å². The van der Waals surface area contributed by atoms with Crippen molar-refractivity contribution < 1.29 is 0 Å². The van der Waals surface area contributed by atoms with Crippen LogP contribution in [0.2, 0.25) is 0 Å². The van der Waals surface area contributed by atoms with Crippen molar-refractivity contribution in [2.24, 2.45) is 4.99 Å². The van der Waals surface area contributed by atoms with Gasteiger partial charge in [0.25, 0.3) is 0 Å². The number of nitrogens with zero attached hydrogens (tertiary/aromatic N) is 2. The molecule has 0 amide bonds. The second-order valence-corrected chi connectivity index (χ2v) is 4.73. The van der Waals surface area contributed by atoms with Crippen molar-refractivity contribution in [1.29, 1.82) is 0 Å². The van der Waals surface area contributed by atoms with Gasteiger partial charge in [-0.05, 0) is 12.8 Å². The lowest BCUT2D eigenvalue weighted by atomic mass is 10.1. The highest BCUT2D eigenvalue weighted by molar-refractivity contribution is 6.00. The van der Waals surface area contributed by atoms with Crippen LogP contribution in [-0.4, -0.2) is 29.9 Å². The number of amidine groups is 1. The molecule has 0 spiro atoms. The molecule has 84 valence electrons. The maximum atomic E-state index is 4.73. The first kappa shape index (κ1) is 9.88. The van der Waals surface area contributed by atoms with Crippen LogP contribution in [0, 0.1) is 0 Å². The average molecular weight is 214 g/mol. The molecule has 1 atom stereocenters. The Labute approximate surface area is 97.0 Å². The summed E-state index contributed by atoms with van der Waals surface area (Å²) >= 11 is 0. The van der Waals surface area contributed by atoms with E-state index in [0.717, 1.165) is 6.54 Å². The number of benzene rings is 1. The molecule has 1 fully saturated rings. The third-order valence-electron chi connectivity index (χ3n) is 3.63. The lowest BCUT2D eigenvalue weighted by molar-refractivity contribution is 0.350. The van der Waals surface area contributed by atoms with E-state index in [9.17, 15) is 0 Å². The van der Waals surface area contributed by atoms with Crippen LogP contribution in [0.15, 0.2) is 35.3 Å². The highest BCUT2D eigenvalue weighted by Crippen LogP contribution is 2.24. The topological polar surface area (TPSA) is 15.6 Å². The van der Waals surface area contributed by atoms with Gasteiger partial charge in [-0.1, -0.05) is 43.2 Å². The molecular weight excluding hydrogens is 196 g/mol. The van der Waals surface area contributed by atoms with Crippen molar-refractivity contribution >= 4 is 5.84 Å². The molecule has 0 radical (unpaired) electrons. The molecule has 1 saturated heterocycles. The predicted octanol–water partition coefficient (Wildman–Crippen LogP) is 2.69. The first-order chi connectivity index (χ1) is 7.95. The zero-order chi connectivity index (χ0) is 10.8. The summed E-state index contributed by atoms with van der Waals surface area (Å²) in [5.41, 5.74) is 1.28. The first-order valence-electron chi connectivity index (χ1n) is 6.32. The van der Waals surface area contributed by atoms with E-state index >= 15 is 0 Å². The zero-order valence-corrected chi connectivity index (χ0v) is 9.60. The van der Waals surface area contributed by atoms with Gasteiger partial charge in [0, 0.05) is 12.1 Å². The monoisotopic (exact) mass is 214 g/mol. The molecule has 1 aromatic rings. The molecule has 1 unspecified atom stereocenters. The van der Waals surface area contributed by atoms with Gasteiger partial charge in [0.15, 0.2) is 0 Å². The van der Waals surface area contributed by atoms with E-state index in [4.69, 9.17) is 4.99 Å². The van der Waals surface area contributed by atoms with Gasteiger partial charge in [0.1, 0.15) is 5.84 Å². The number of rotatable bonds is 1. The summed E-state index contributed by atoms with van der Waals surface area (Å²) in [6, 6.07) is 11.3. The molecule has 2 nitrogen and oxygen atoms in total. The molecule has 3 rings (SSSR count). The van der Waals surface area contributed by atoms with E-state index in [-0.39, 0.29) is 0 Å². The van der Waals surface area contributed by atoms with Crippen molar-refractivity contribution in [3.63, 3.8) is 0 Å². The zero-order valence-electron chi connectivity index (χ0n) is 9.60. The van der Waals surface area contributed by atoms with Gasteiger partial charge in [0.2, 0.25) is 0 Å². The fourth-order valence-electron chi connectivity index (χ4n) is 2.77. The van der Waals surface area contributed by atoms with E-state index in [1.54, 1.807) is 0 Å². The van der Waals surface area contributed by atoms with Gasteiger partial charge in [-0.2, -0.15) is 0 Å². The average Bonchev–Trinajstić information content (AvgIpc) is 2.60. The molecule has 0 bridgehead atoms. The highest BCUT2D eigenvalue weighted by atomic mass is 15.3. The highest BCUT2D eigenvalue weighted by Gasteiger charge is 2.28. The summed E-state index contributed by atoms with van der Waals surface area (Å²) in [7, 11) is 0. The number of fused-ring (bicyclic) bond motifs is 1. The van der Waals surface area contributed by atoms with Gasteiger partial charge < -0.3 is 4.90 Å². The first-order valence-corrected chi connectivity index (χ1v) is 6.32. The Hall–Kier alpha value is -1.31. The van der Waals surface area contributed by atoms with E-state index in [0.29, 0.717) is 6.04 Å². The van der Waals surface area contributed by atoms with Crippen molar-refractivity contribution in [3.05, 3.63) is 35.9 Å². The van der Waals surface area contributed by atoms with E-state index in [1.807, 2.05) is 0 Å². The molecule has 2 aliphatic rings. The maximum Gasteiger partial charge on any atom is 0.131 e. The van der Waals surface area contributed by atoms with Gasteiger partial charge in [0.05, 0.1) is 12.6 Å². The van der Waals surface area contributed by atoms with Crippen LogP contribution in [-0.2, 0) is 0 Å². The summed E-state index contributed by atoms with van der Waals surface area (Å²) < 4.78 is 0. The Balaban J connectivity index is 1.86.